The number of piperazine rings is 1. The number of carbonyl (C=O) groups excluding carboxylic acids is 2. The monoisotopic (exact) mass is 513 g/mol. The minimum absolute atomic E-state index is 0.0620. The summed E-state index contributed by atoms with van der Waals surface area (Å²) in [6, 6.07) is 14.9. The zero-order chi connectivity index (χ0) is 26.7. The molecule has 0 aliphatic carbocycles. The lowest BCUT2D eigenvalue weighted by Gasteiger charge is -2.41. The van der Waals surface area contributed by atoms with Gasteiger partial charge in [0.15, 0.2) is 0 Å². The van der Waals surface area contributed by atoms with E-state index in [0.29, 0.717) is 31.6 Å². The Morgan fingerprint density at radius 3 is 2.17 bits per heavy atom. The van der Waals surface area contributed by atoms with E-state index in [4.69, 9.17) is 0 Å². The highest BCUT2D eigenvalue weighted by Crippen LogP contribution is 2.24. The van der Waals surface area contributed by atoms with Crippen molar-refractivity contribution in [1.29, 1.82) is 0 Å². The van der Waals surface area contributed by atoms with E-state index < -0.39 is 16.1 Å². The third-order valence-electron chi connectivity index (χ3n) is 7.01. The first-order chi connectivity index (χ1) is 16.8. The van der Waals surface area contributed by atoms with Crippen LogP contribution in [-0.2, 0) is 20.2 Å². The van der Waals surface area contributed by atoms with Gasteiger partial charge in [-0.1, -0.05) is 71.4 Å². The summed E-state index contributed by atoms with van der Waals surface area (Å²) in [5.41, 5.74) is 1.56. The van der Waals surface area contributed by atoms with Gasteiger partial charge in [-0.3, -0.25) is 9.59 Å². The topological polar surface area (TPSA) is 86.8 Å². The molecule has 0 spiro atoms. The van der Waals surface area contributed by atoms with Gasteiger partial charge < -0.3 is 9.80 Å². The van der Waals surface area contributed by atoms with E-state index in [2.05, 4.69) is 25.5 Å². The second-order valence-corrected chi connectivity index (χ2v) is 12.5. The molecule has 36 heavy (non-hydrogen) atoms. The number of rotatable bonds is 7. The summed E-state index contributed by atoms with van der Waals surface area (Å²) in [6.07, 6.45) is 0.643. The molecule has 2 amide bonds. The molecule has 3 rings (SSSR count). The van der Waals surface area contributed by atoms with E-state index in [0.717, 1.165) is 5.56 Å². The molecule has 3 atom stereocenters. The van der Waals surface area contributed by atoms with E-state index in [1.807, 2.05) is 51.1 Å². The van der Waals surface area contributed by atoms with E-state index in [9.17, 15) is 18.0 Å². The van der Waals surface area contributed by atoms with Crippen LogP contribution in [0, 0.1) is 5.92 Å². The number of nitrogens with zero attached hydrogens (tertiary/aromatic N) is 2. The molecule has 0 saturated carbocycles. The highest BCUT2D eigenvalue weighted by Gasteiger charge is 2.37. The Morgan fingerprint density at radius 1 is 1.03 bits per heavy atom. The molecule has 0 aromatic heterocycles. The molecule has 1 saturated heterocycles. The van der Waals surface area contributed by atoms with Crippen LogP contribution in [0.1, 0.15) is 63.9 Å². The Bertz CT molecular complexity index is 1160. The maximum atomic E-state index is 13.6. The molecular weight excluding hydrogens is 474 g/mol. The summed E-state index contributed by atoms with van der Waals surface area (Å²) in [7, 11) is -3.90. The molecule has 1 N–H and O–H groups in total. The van der Waals surface area contributed by atoms with Gasteiger partial charge in [-0.2, -0.15) is 4.72 Å². The highest BCUT2D eigenvalue weighted by molar-refractivity contribution is 7.89. The minimum atomic E-state index is -3.90. The van der Waals surface area contributed by atoms with Gasteiger partial charge in [0.2, 0.25) is 15.9 Å². The van der Waals surface area contributed by atoms with Crippen LogP contribution in [0.2, 0.25) is 0 Å². The third-order valence-corrected chi connectivity index (χ3v) is 8.47. The predicted octanol–water partition coefficient (Wildman–Crippen LogP) is 4.05. The summed E-state index contributed by atoms with van der Waals surface area (Å²) in [6.45, 7) is 13.1. The van der Waals surface area contributed by atoms with Crippen molar-refractivity contribution in [2.24, 2.45) is 5.92 Å². The van der Waals surface area contributed by atoms with Gasteiger partial charge in [-0.05, 0) is 48.1 Å². The molecule has 0 radical (unpaired) electrons. The lowest BCUT2D eigenvalue weighted by atomic mass is 9.87. The van der Waals surface area contributed by atoms with Crippen LogP contribution in [0.3, 0.4) is 0 Å². The second kappa shape index (κ2) is 11.1. The van der Waals surface area contributed by atoms with Crippen LogP contribution in [0.5, 0.6) is 0 Å². The van der Waals surface area contributed by atoms with Gasteiger partial charge in [-0.25, -0.2) is 8.42 Å². The van der Waals surface area contributed by atoms with E-state index in [-0.39, 0.29) is 34.1 Å². The zero-order valence-corrected chi connectivity index (χ0v) is 23.0. The maximum absolute atomic E-state index is 13.6. The van der Waals surface area contributed by atoms with Crippen molar-refractivity contribution in [2.45, 2.75) is 70.4 Å². The summed E-state index contributed by atoms with van der Waals surface area (Å²) >= 11 is 0. The Morgan fingerprint density at radius 2 is 1.64 bits per heavy atom. The second-order valence-electron chi connectivity index (χ2n) is 10.8. The van der Waals surface area contributed by atoms with Crippen molar-refractivity contribution < 1.29 is 18.0 Å². The zero-order valence-electron chi connectivity index (χ0n) is 22.2. The molecule has 3 unspecified atom stereocenters. The molecule has 1 heterocycles. The van der Waals surface area contributed by atoms with Crippen molar-refractivity contribution in [3.05, 3.63) is 65.7 Å². The van der Waals surface area contributed by atoms with Crippen molar-refractivity contribution in [2.75, 3.05) is 19.6 Å². The number of nitrogens with one attached hydrogen (secondary N) is 1. The first kappa shape index (κ1) is 27.9. The predicted molar refractivity (Wildman–Crippen MR) is 142 cm³/mol. The lowest BCUT2D eigenvalue weighted by molar-refractivity contribution is -0.136. The number of benzene rings is 2. The number of hydrogen-bond acceptors (Lipinski definition) is 4. The number of amides is 2. The Kier molecular flexibility index (Phi) is 8.62. The normalized spacial score (nSPS) is 18.6. The largest absolute Gasteiger partial charge is 0.337 e. The van der Waals surface area contributed by atoms with Gasteiger partial charge in [0.25, 0.3) is 5.91 Å². The SMILES string of the molecule is CCC(C)C(NS(=O)(=O)c1ccc(C(C)(C)C)cc1)C(=O)N1CCN(C(=O)c2ccccc2)C(C)C1. The molecule has 2 aromatic carbocycles. The van der Waals surface area contributed by atoms with Crippen LogP contribution in [0.4, 0.5) is 0 Å². The lowest BCUT2D eigenvalue weighted by Crippen LogP contribution is -2.60. The molecule has 1 aliphatic heterocycles. The van der Waals surface area contributed by atoms with Crippen LogP contribution in [-0.4, -0.2) is 61.7 Å². The quantitative estimate of drug-likeness (QED) is 0.605. The Balaban J connectivity index is 1.74. The van der Waals surface area contributed by atoms with Crippen LogP contribution in [0.25, 0.3) is 0 Å². The molecular formula is C28H39N3O4S. The summed E-state index contributed by atoms with van der Waals surface area (Å²) in [4.78, 5) is 30.1. The summed E-state index contributed by atoms with van der Waals surface area (Å²) in [5.74, 6) is -0.508. The van der Waals surface area contributed by atoms with Crippen molar-refractivity contribution >= 4 is 21.8 Å². The van der Waals surface area contributed by atoms with Gasteiger partial charge in [0.1, 0.15) is 6.04 Å². The smallest absolute Gasteiger partial charge is 0.254 e. The van der Waals surface area contributed by atoms with Crippen LogP contribution < -0.4 is 4.72 Å². The molecule has 8 heteroatoms. The minimum Gasteiger partial charge on any atom is -0.337 e. The van der Waals surface area contributed by atoms with Crippen molar-refractivity contribution in [3.63, 3.8) is 0 Å². The van der Waals surface area contributed by atoms with Crippen LogP contribution >= 0.6 is 0 Å². The number of carbonyl (C=O) groups is 2. The average molecular weight is 514 g/mol. The van der Waals surface area contributed by atoms with Gasteiger partial charge in [-0.15, -0.1) is 0 Å². The van der Waals surface area contributed by atoms with E-state index in [1.165, 1.54) is 0 Å². The van der Waals surface area contributed by atoms with E-state index >= 15 is 0 Å². The summed E-state index contributed by atoms with van der Waals surface area (Å²) < 4.78 is 29.2. The highest BCUT2D eigenvalue weighted by atomic mass is 32.2. The fourth-order valence-electron chi connectivity index (χ4n) is 4.42. The first-order valence-electron chi connectivity index (χ1n) is 12.6. The first-order valence-corrected chi connectivity index (χ1v) is 14.1. The molecule has 2 aromatic rings. The number of sulfonamides is 1. The molecule has 196 valence electrons. The van der Waals surface area contributed by atoms with Crippen LogP contribution in [0.15, 0.2) is 59.5 Å². The molecule has 7 nitrogen and oxygen atoms in total. The summed E-state index contributed by atoms with van der Waals surface area (Å²) in [5, 5.41) is 0. The van der Waals surface area contributed by atoms with Gasteiger partial charge in [0.05, 0.1) is 4.90 Å². The van der Waals surface area contributed by atoms with Gasteiger partial charge >= 0.3 is 0 Å². The van der Waals surface area contributed by atoms with Gasteiger partial charge in [0, 0.05) is 31.2 Å². The van der Waals surface area contributed by atoms with Crippen molar-refractivity contribution in [3.8, 4) is 0 Å². The maximum Gasteiger partial charge on any atom is 0.254 e. The molecule has 1 aliphatic rings. The standard InChI is InChI=1S/C28H39N3O4S/c1-7-20(2)25(29-36(34,35)24-15-13-23(14-16-24)28(4,5)6)27(33)30-17-18-31(21(3)19-30)26(32)22-11-9-8-10-12-22/h8-16,20-21,25,29H,7,17-19H2,1-6H3. The number of hydrogen-bond donors (Lipinski definition) is 1. The molecule has 1 fully saturated rings. The average Bonchev–Trinajstić information content (AvgIpc) is 2.86. The molecule has 0 bridgehead atoms. The van der Waals surface area contributed by atoms with Crippen molar-refractivity contribution in [1.82, 2.24) is 14.5 Å². The third kappa shape index (κ3) is 6.34. The van der Waals surface area contributed by atoms with E-state index in [1.54, 1.807) is 34.1 Å². The Hall–Kier alpha value is -2.71. The fraction of sp³-hybridized carbons (Fsp3) is 0.500. The fourth-order valence-corrected chi connectivity index (χ4v) is 5.72. The Labute approximate surface area is 215 Å².